The molecule has 1 aromatic heterocycles. The lowest BCUT2D eigenvalue weighted by molar-refractivity contribution is -0.402. The largest absolute Gasteiger partial charge is 0.504 e. The molecule has 0 atom stereocenters. The van der Waals surface area contributed by atoms with Crippen LogP contribution in [-0.2, 0) is 6.54 Å². The smallest absolute Gasteiger partial charge is 0.433 e. The number of hydrogen-bond donors (Lipinski definition) is 2. The summed E-state index contributed by atoms with van der Waals surface area (Å²) in [6.07, 6.45) is 0. The molecule has 100 valence electrons. The maximum Gasteiger partial charge on any atom is 0.433 e. The molecule has 0 saturated heterocycles. The zero-order valence-corrected chi connectivity index (χ0v) is 10.1. The average Bonchev–Trinajstić information content (AvgIpc) is 2.85. The summed E-state index contributed by atoms with van der Waals surface area (Å²) < 4.78 is 9.91. The summed E-state index contributed by atoms with van der Waals surface area (Å²) in [5.41, 5.74) is 0.650. The number of nitrogens with one attached hydrogen (secondary N) is 1. The van der Waals surface area contributed by atoms with Crippen molar-refractivity contribution in [3.8, 4) is 11.5 Å². The van der Waals surface area contributed by atoms with Gasteiger partial charge in [0.25, 0.3) is 0 Å². The van der Waals surface area contributed by atoms with E-state index in [1.807, 2.05) is 0 Å². The monoisotopic (exact) mass is 264 g/mol. The molecular formula is C12H12N2O5. The van der Waals surface area contributed by atoms with Crippen LogP contribution in [0.5, 0.6) is 11.5 Å². The highest BCUT2D eigenvalue weighted by atomic mass is 16.6. The Bertz CT molecular complexity index is 594. The number of anilines is 1. The molecule has 0 radical (unpaired) electrons. The number of nitrogens with zero attached hydrogens (tertiary/aromatic N) is 1. The highest BCUT2D eigenvalue weighted by Gasteiger charge is 2.11. The number of methoxy groups -OCH3 is 1. The van der Waals surface area contributed by atoms with Crippen LogP contribution in [-0.4, -0.2) is 17.1 Å². The average molecular weight is 264 g/mol. The van der Waals surface area contributed by atoms with E-state index < -0.39 is 4.92 Å². The molecule has 0 amide bonds. The van der Waals surface area contributed by atoms with Gasteiger partial charge >= 0.3 is 5.88 Å². The first-order chi connectivity index (χ1) is 9.10. The summed E-state index contributed by atoms with van der Waals surface area (Å²) in [5, 5.41) is 23.0. The van der Waals surface area contributed by atoms with Gasteiger partial charge in [0.2, 0.25) is 0 Å². The van der Waals surface area contributed by atoms with Gasteiger partial charge in [0.15, 0.2) is 11.5 Å². The number of benzene rings is 1. The van der Waals surface area contributed by atoms with Gasteiger partial charge in [-0.25, -0.2) is 0 Å². The lowest BCUT2D eigenvalue weighted by Gasteiger charge is -2.07. The molecule has 0 aliphatic rings. The fourth-order valence-corrected chi connectivity index (χ4v) is 1.55. The third kappa shape index (κ3) is 2.95. The van der Waals surface area contributed by atoms with Gasteiger partial charge in [-0.3, -0.25) is 10.1 Å². The first kappa shape index (κ1) is 12.7. The summed E-state index contributed by atoms with van der Waals surface area (Å²) in [6, 6.07) is 7.64. The number of nitro groups is 1. The molecule has 7 nitrogen and oxygen atoms in total. The molecule has 1 heterocycles. The highest BCUT2D eigenvalue weighted by molar-refractivity contribution is 5.54. The van der Waals surface area contributed by atoms with Gasteiger partial charge in [0.1, 0.15) is 10.7 Å². The van der Waals surface area contributed by atoms with Gasteiger partial charge in [-0.1, -0.05) is 0 Å². The Morgan fingerprint density at radius 2 is 2.21 bits per heavy atom. The summed E-state index contributed by atoms with van der Waals surface area (Å²) >= 11 is 0. The SMILES string of the molecule is COc1ccc(NCc2ccc([N+](=O)[O-])o2)cc1O. The fraction of sp³-hybridized carbons (Fsp3) is 0.167. The molecule has 0 aliphatic heterocycles. The lowest BCUT2D eigenvalue weighted by atomic mass is 10.2. The van der Waals surface area contributed by atoms with Crippen molar-refractivity contribution in [2.45, 2.75) is 6.54 Å². The van der Waals surface area contributed by atoms with Gasteiger partial charge in [0.05, 0.1) is 19.7 Å². The van der Waals surface area contributed by atoms with E-state index in [-0.39, 0.29) is 18.2 Å². The Hall–Kier alpha value is -2.70. The van der Waals surface area contributed by atoms with Crippen LogP contribution in [0, 0.1) is 10.1 Å². The minimum absolute atomic E-state index is 0.0120. The van der Waals surface area contributed by atoms with Crippen molar-refractivity contribution < 1.29 is 19.2 Å². The van der Waals surface area contributed by atoms with Gasteiger partial charge in [-0.05, 0) is 18.2 Å². The van der Waals surface area contributed by atoms with Crippen LogP contribution in [0.4, 0.5) is 11.6 Å². The zero-order chi connectivity index (χ0) is 13.8. The fourth-order valence-electron chi connectivity index (χ4n) is 1.55. The molecule has 0 saturated carbocycles. The Balaban J connectivity index is 2.01. The predicted octanol–water partition coefficient (Wildman–Crippen LogP) is 2.51. The van der Waals surface area contributed by atoms with E-state index in [1.54, 1.807) is 12.1 Å². The maximum absolute atomic E-state index is 10.4. The van der Waals surface area contributed by atoms with E-state index >= 15 is 0 Å². The van der Waals surface area contributed by atoms with Crippen molar-refractivity contribution in [3.63, 3.8) is 0 Å². The number of phenols is 1. The van der Waals surface area contributed by atoms with E-state index in [9.17, 15) is 15.2 Å². The van der Waals surface area contributed by atoms with E-state index in [0.717, 1.165) is 0 Å². The van der Waals surface area contributed by atoms with Crippen LogP contribution in [0.25, 0.3) is 0 Å². The van der Waals surface area contributed by atoms with Crippen molar-refractivity contribution in [3.05, 3.63) is 46.2 Å². The Labute approximate surface area is 108 Å². The maximum atomic E-state index is 10.4. The first-order valence-corrected chi connectivity index (χ1v) is 5.44. The van der Waals surface area contributed by atoms with Crippen LogP contribution in [0.2, 0.25) is 0 Å². The Morgan fingerprint density at radius 3 is 2.79 bits per heavy atom. The van der Waals surface area contributed by atoms with Crippen LogP contribution < -0.4 is 10.1 Å². The molecule has 1 aromatic carbocycles. The summed E-state index contributed by atoms with van der Waals surface area (Å²) in [6.45, 7) is 0.277. The number of rotatable bonds is 5. The topological polar surface area (TPSA) is 97.8 Å². The van der Waals surface area contributed by atoms with Gasteiger partial charge in [-0.15, -0.1) is 0 Å². The third-order valence-electron chi connectivity index (χ3n) is 2.47. The summed E-state index contributed by atoms with van der Waals surface area (Å²) in [4.78, 5) is 9.85. The predicted molar refractivity (Wildman–Crippen MR) is 67.3 cm³/mol. The van der Waals surface area contributed by atoms with Gasteiger partial charge < -0.3 is 19.6 Å². The van der Waals surface area contributed by atoms with E-state index in [1.165, 1.54) is 25.3 Å². The van der Waals surface area contributed by atoms with Crippen LogP contribution >= 0.6 is 0 Å². The molecule has 2 aromatic rings. The standard InChI is InChI=1S/C12H12N2O5/c1-18-11-4-2-8(6-10(11)15)13-7-9-3-5-12(19-9)14(16)17/h2-6,13,15H,7H2,1H3. The number of hydrogen-bond acceptors (Lipinski definition) is 6. The van der Waals surface area contributed by atoms with Crippen LogP contribution in [0.15, 0.2) is 34.7 Å². The third-order valence-corrected chi connectivity index (χ3v) is 2.47. The van der Waals surface area contributed by atoms with E-state index in [0.29, 0.717) is 17.2 Å². The van der Waals surface area contributed by atoms with Gasteiger partial charge in [-0.2, -0.15) is 0 Å². The van der Waals surface area contributed by atoms with Crippen LogP contribution in [0.3, 0.4) is 0 Å². The summed E-state index contributed by atoms with van der Waals surface area (Å²) in [5.74, 6) is 0.522. The lowest BCUT2D eigenvalue weighted by Crippen LogP contribution is -1.98. The molecular weight excluding hydrogens is 252 g/mol. The number of phenolic OH excluding ortho intramolecular Hbond substituents is 1. The first-order valence-electron chi connectivity index (χ1n) is 5.44. The molecule has 0 aliphatic carbocycles. The Kier molecular flexibility index (Phi) is 3.56. The Morgan fingerprint density at radius 1 is 1.42 bits per heavy atom. The molecule has 0 unspecified atom stereocenters. The minimum Gasteiger partial charge on any atom is -0.504 e. The van der Waals surface area contributed by atoms with Crippen molar-refractivity contribution in [2.75, 3.05) is 12.4 Å². The zero-order valence-electron chi connectivity index (χ0n) is 10.1. The number of aromatic hydroxyl groups is 1. The molecule has 19 heavy (non-hydrogen) atoms. The van der Waals surface area contributed by atoms with E-state index in [4.69, 9.17) is 9.15 Å². The summed E-state index contributed by atoms with van der Waals surface area (Å²) in [7, 11) is 1.46. The second kappa shape index (κ2) is 5.30. The molecule has 0 fully saturated rings. The molecule has 2 N–H and O–H groups in total. The normalized spacial score (nSPS) is 10.2. The second-order valence-corrected chi connectivity index (χ2v) is 3.74. The van der Waals surface area contributed by atoms with Crippen molar-refractivity contribution in [1.82, 2.24) is 0 Å². The number of furan rings is 1. The van der Waals surface area contributed by atoms with Crippen molar-refractivity contribution >= 4 is 11.6 Å². The molecule has 7 heteroatoms. The highest BCUT2D eigenvalue weighted by Crippen LogP contribution is 2.28. The molecule has 0 bridgehead atoms. The van der Waals surface area contributed by atoms with E-state index in [2.05, 4.69) is 5.32 Å². The van der Waals surface area contributed by atoms with Crippen molar-refractivity contribution in [1.29, 1.82) is 0 Å². The van der Waals surface area contributed by atoms with Gasteiger partial charge in [0, 0.05) is 11.8 Å². The minimum atomic E-state index is -0.595. The van der Waals surface area contributed by atoms with Crippen molar-refractivity contribution in [2.24, 2.45) is 0 Å². The number of ether oxygens (including phenoxy) is 1. The second-order valence-electron chi connectivity index (χ2n) is 3.74. The quantitative estimate of drug-likeness (QED) is 0.636. The molecule has 2 rings (SSSR count). The molecule has 0 spiro atoms. The van der Waals surface area contributed by atoms with Crippen LogP contribution in [0.1, 0.15) is 5.76 Å².